The van der Waals surface area contributed by atoms with Crippen LogP contribution in [0, 0.1) is 5.82 Å². The second kappa shape index (κ2) is 8.96. The Morgan fingerprint density at radius 1 is 0.970 bits per heavy atom. The third kappa shape index (κ3) is 3.91. The number of ether oxygens (including phenoxy) is 2. The molecule has 0 saturated carbocycles. The normalized spacial score (nSPS) is 17.3. The predicted octanol–water partition coefficient (Wildman–Crippen LogP) is 5.12. The number of hydrogen-bond acceptors (Lipinski definition) is 5. The van der Waals surface area contributed by atoms with Crippen LogP contribution in [0.15, 0.2) is 72.3 Å². The zero-order valence-corrected chi connectivity index (χ0v) is 18.5. The number of nitrogens with zero attached hydrogens (tertiary/aromatic N) is 1. The van der Waals surface area contributed by atoms with Crippen LogP contribution in [0.25, 0.3) is 5.76 Å². The number of ketones is 1. The Hall–Kier alpha value is -3.84. The lowest BCUT2D eigenvalue weighted by Crippen LogP contribution is -2.29. The Bertz CT molecular complexity index is 1260. The Labute approximate surface area is 194 Å². The lowest BCUT2D eigenvalue weighted by atomic mass is 9.94. The summed E-state index contributed by atoms with van der Waals surface area (Å²) < 4.78 is 24.1. The van der Waals surface area contributed by atoms with Crippen LogP contribution < -0.4 is 14.4 Å². The number of hydrogen-bond donors (Lipinski definition) is 1. The molecule has 0 bridgehead atoms. The second-order valence-corrected chi connectivity index (χ2v) is 7.65. The average molecular weight is 468 g/mol. The highest BCUT2D eigenvalue weighted by molar-refractivity contribution is 6.51. The summed E-state index contributed by atoms with van der Waals surface area (Å²) in [7, 11) is 2.80. The fraction of sp³-hybridized carbons (Fsp3) is 0.120. The molecule has 168 valence electrons. The van der Waals surface area contributed by atoms with Crippen LogP contribution in [0.2, 0.25) is 5.02 Å². The molecule has 1 atom stereocenters. The first-order valence-corrected chi connectivity index (χ1v) is 10.3. The van der Waals surface area contributed by atoms with Gasteiger partial charge in [0.2, 0.25) is 0 Å². The SMILES string of the molecule is COc1cc(/C(O)=C2\C(=O)C(=O)N(c3ccc(F)cc3)C2c2ccccc2)c(OC)cc1Cl. The van der Waals surface area contributed by atoms with Crippen LogP contribution in [-0.4, -0.2) is 31.0 Å². The van der Waals surface area contributed by atoms with Gasteiger partial charge in [-0.25, -0.2) is 4.39 Å². The van der Waals surface area contributed by atoms with E-state index in [0.717, 1.165) is 0 Å². The number of aliphatic hydroxyl groups excluding tert-OH is 1. The number of halogens is 2. The van der Waals surface area contributed by atoms with Gasteiger partial charge in [-0.15, -0.1) is 0 Å². The molecule has 3 aromatic carbocycles. The van der Waals surface area contributed by atoms with Gasteiger partial charge in [0.15, 0.2) is 0 Å². The smallest absolute Gasteiger partial charge is 0.300 e. The minimum absolute atomic E-state index is 0.136. The molecule has 3 aromatic rings. The van der Waals surface area contributed by atoms with Gasteiger partial charge < -0.3 is 14.6 Å². The van der Waals surface area contributed by atoms with Crippen molar-refractivity contribution in [2.45, 2.75) is 6.04 Å². The topological polar surface area (TPSA) is 76.1 Å². The largest absolute Gasteiger partial charge is 0.507 e. The maximum atomic E-state index is 13.5. The average Bonchev–Trinajstić information content (AvgIpc) is 3.10. The van der Waals surface area contributed by atoms with Crippen LogP contribution in [-0.2, 0) is 9.59 Å². The summed E-state index contributed by atoms with van der Waals surface area (Å²) in [5, 5.41) is 11.6. The van der Waals surface area contributed by atoms with Gasteiger partial charge in [0.05, 0.1) is 36.4 Å². The van der Waals surface area contributed by atoms with Crippen molar-refractivity contribution in [1.82, 2.24) is 0 Å². The molecule has 6 nitrogen and oxygen atoms in total. The van der Waals surface area contributed by atoms with E-state index in [-0.39, 0.29) is 27.7 Å². The number of methoxy groups -OCH3 is 2. The van der Waals surface area contributed by atoms with Gasteiger partial charge in [0.1, 0.15) is 23.1 Å². The van der Waals surface area contributed by atoms with Crippen molar-refractivity contribution in [1.29, 1.82) is 0 Å². The molecule has 0 aliphatic carbocycles. The summed E-state index contributed by atoms with van der Waals surface area (Å²) in [5.41, 5.74) is 0.893. The number of carbonyl (C=O) groups is 2. The molecule has 0 spiro atoms. The van der Waals surface area contributed by atoms with Crippen LogP contribution in [0.1, 0.15) is 17.2 Å². The quantitative estimate of drug-likeness (QED) is 0.320. The van der Waals surface area contributed by atoms with Crippen LogP contribution in [0.3, 0.4) is 0 Å². The lowest BCUT2D eigenvalue weighted by molar-refractivity contribution is -0.132. The molecular weight excluding hydrogens is 449 g/mol. The molecule has 4 rings (SSSR count). The van der Waals surface area contributed by atoms with E-state index in [0.29, 0.717) is 11.3 Å². The summed E-state index contributed by atoms with van der Waals surface area (Å²) >= 11 is 6.17. The van der Waals surface area contributed by atoms with E-state index < -0.39 is 29.3 Å². The Morgan fingerprint density at radius 2 is 1.61 bits per heavy atom. The van der Waals surface area contributed by atoms with Crippen molar-refractivity contribution in [3.8, 4) is 11.5 Å². The van der Waals surface area contributed by atoms with Gasteiger partial charge in [-0.05, 0) is 35.9 Å². The summed E-state index contributed by atoms with van der Waals surface area (Å²) in [5.74, 6) is -2.22. The molecule has 1 fully saturated rings. The van der Waals surface area contributed by atoms with Gasteiger partial charge in [0.25, 0.3) is 11.7 Å². The number of aliphatic hydroxyl groups is 1. The second-order valence-electron chi connectivity index (χ2n) is 7.24. The molecule has 0 radical (unpaired) electrons. The van der Waals surface area contributed by atoms with Crippen molar-refractivity contribution in [2.24, 2.45) is 0 Å². The van der Waals surface area contributed by atoms with Gasteiger partial charge in [-0.3, -0.25) is 14.5 Å². The number of Topliss-reactive ketones (excluding diaryl/α,β-unsaturated/α-hetero) is 1. The van der Waals surface area contributed by atoms with E-state index in [9.17, 15) is 19.1 Å². The minimum Gasteiger partial charge on any atom is -0.507 e. The summed E-state index contributed by atoms with van der Waals surface area (Å²) in [6.07, 6.45) is 0. The summed E-state index contributed by atoms with van der Waals surface area (Å²) in [4.78, 5) is 27.5. The van der Waals surface area contributed by atoms with Crippen LogP contribution in [0.4, 0.5) is 10.1 Å². The van der Waals surface area contributed by atoms with E-state index in [1.807, 2.05) is 0 Å². The van der Waals surface area contributed by atoms with E-state index >= 15 is 0 Å². The van der Waals surface area contributed by atoms with Crippen LogP contribution >= 0.6 is 11.6 Å². The highest BCUT2D eigenvalue weighted by atomic mass is 35.5. The highest BCUT2D eigenvalue weighted by Gasteiger charge is 2.47. The first-order valence-electron chi connectivity index (χ1n) is 9.90. The fourth-order valence-corrected chi connectivity index (χ4v) is 4.07. The van der Waals surface area contributed by atoms with Crippen molar-refractivity contribution in [3.63, 3.8) is 0 Å². The van der Waals surface area contributed by atoms with Crippen LogP contribution in [0.5, 0.6) is 11.5 Å². The van der Waals surface area contributed by atoms with Gasteiger partial charge in [0, 0.05) is 11.8 Å². The zero-order valence-electron chi connectivity index (χ0n) is 17.7. The first-order chi connectivity index (χ1) is 15.9. The highest BCUT2D eigenvalue weighted by Crippen LogP contribution is 2.44. The van der Waals surface area contributed by atoms with Crippen molar-refractivity contribution in [3.05, 3.63) is 94.3 Å². The van der Waals surface area contributed by atoms with Gasteiger partial charge in [-0.2, -0.15) is 0 Å². The number of anilines is 1. The number of benzene rings is 3. The number of carbonyl (C=O) groups excluding carboxylic acids is 2. The molecule has 1 unspecified atom stereocenters. The van der Waals surface area contributed by atoms with Crippen molar-refractivity contribution in [2.75, 3.05) is 19.1 Å². The van der Waals surface area contributed by atoms with E-state index in [1.54, 1.807) is 30.3 Å². The first kappa shape index (κ1) is 22.4. The zero-order chi connectivity index (χ0) is 23.7. The Kier molecular flexibility index (Phi) is 6.07. The maximum absolute atomic E-state index is 13.5. The monoisotopic (exact) mass is 467 g/mol. The molecular formula is C25H19ClFNO5. The third-order valence-electron chi connectivity index (χ3n) is 5.39. The molecule has 0 aromatic heterocycles. The molecule has 1 aliphatic heterocycles. The third-order valence-corrected chi connectivity index (χ3v) is 5.69. The summed E-state index contributed by atoms with van der Waals surface area (Å²) in [6, 6.07) is 15.9. The molecule has 1 saturated heterocycles. The molecule has 8 heteroatoms. The standard InChI is InChI=1S/C25H19ClFNO5/c1-32-19-13-18(26)20(33-2)12-17(19)23(29)21-22(14-6-4-3-5-7-14)28(25(31)24(21)30)16-10-8-15(27)9-11-16/h3-13,22,29H,1-2H3/b23-21+. The molecule has 1 N–H and O–H groups in total. The van der Waals surface area contributed by atoms with Gasteiger partial charge in [-0.1, -0.05) is 41.9 Å². The van der Waals surface area contributed by atoms with E-state index in [2.05, 4.69) is 0 Å². The van der Waals surface area contributed by atoms with E-state index in [4.69, 9.17) is 21.1 Å². The van der Waals surface area contributed by atoms with E-state index in [1.165, 1.54) is 55.5 Å². The molecule has 1 amide bonds. The maximum Gasteiger partial charge on any atom is 0.300 e. The molecule has 1 aliphatic rings. The molecule has 33 heavy (non-hydrogen) atoms. The summed E-state index contributed by atoms with van der Waals surface area (Å²) in [6.45, 7) is 0. The van der Waals surface area contributed by atoms with Crippen molar-refractivity contribution >= 4 is 34.7 Å². The fourth-order valence-electron chi connectivity index (χ4n) is 3.84. The Morgan fingerprint density at radius 3 is 2.21 bits per heavy atom. The predicted molar refractivity (Wildman–Crippen MR) is 122 cm³/mol. The van der Waals surface area contributed by atoms with Crippen molar-refractivity contribution < 1.29 is 28.6 Å². The Balaban J connectivity index is 1.98. The number of rotatable bonds is 5. The lowest BCUT2D eigenvalue weighted by Gasteiger charge is -2.25. The van der Waals surface area contributed by atoms with Gasteiger partial charge >= 0.3 is 0 Å². The number of amides is 1. The molecule has 1 heterocycles. The minimum atomic E-state index is -0.956.